The first-order valence-electron chi connectivity index (χ1n) is 9.34. The van der Waals surface area contributed by atoms with Crippen LogP contribution in [0.25, 0.3) is 10.9 Å². The highest BCUT2D eigenvalue weighted by Crippen LogP contribution is 2.24. The molecule has 32 heavy (non-hydrogen) atoms. The number of aromatic nitrogens is 6. The number of carbonyl (C=O) groups is 2. The van der Waals surface area contributed by atoms with Crippen LogP contribution < -0.4 is 11.1 Å². The molecule has 0 saturated carbocycles. The summed E-state index contributed by atoms with van der Waals surface area (Å²) in [6, 6.07) is 6.82. The van der Waals surface area contributed by atoms with Crippen LogP contribution in [0.1, 0.15) is 17.1 Å². The number of rotatable bonds is 5. The Hall–Kier alpha value is -4.92. The molecule has 12 nitrogen and oxygen atoms in total. The van der Waals surface area contributed by atoms with Crippen molar-refractivity contribution in [3.8, 4) is 6.07 Å². The van der Waals surface area contributed by atoms with Crippen molar-refractivity contribution in [3.05, 3.63) is 66.3 Å². The van der Waals surface area contributed by atoms with Gasteiger partial charge >= 0.3 is 11.8 Å². The SMILES string of the molecule is N#Cc1ccc(CN(Cc2ncccn2)C(=O)C(=O)Nc2cnc(N)c3cn[nH]c23)nc1. The minimum Gasteiger partial charge on any atom is -0.383 e. The second-order valence-corrected chi connectivity index (χ2v) is 6.65. The monoisotopic (exact) mass is 428 g/mol. The number of carbonyl (C=O) groups excluding carboxylic acids is 2. The van der Waals surface area contributed by atoms with Gasteiger partial charge < -0.3 is 16.0 Å². The van der Waals surface area contributed by atoms with Gasteiger partial charge in [-0.05, 0) is 18.2 Å². The van der Waals surface area contributed by atoms with Crippen molar-refractivity contribution in [2.24, 2.45) is 0 Å². The maximum atomic E-state index is 13.0. The molecule has 0 bridgehead atoms. The molecule has 0 radical (unpaired) electrons. The third kappa shape index (κ3) is 4.31. The van der Waals surface area contributed by atoms with Crippen LogP contribution in [0.4, 0.5) is 11.5 Å². The zero-order valence-corrected chi connectivity index (χ0v) is 16.6. The van der Waals surface area contributed by atoms with Gasteiger partial charge in [0.2, 0.25) is 0 Å². The van der Waals surface area contributed by atoms with Crippen molar-refractivity contribution >= 4 is 34.2 Å². The van der Waals surface area contributed by atoms with Crippen molar-refractivity contribution < 1.29 is 9.59 Å². The second kappa shape index (κ2) is 8.84. The lowest BCUT2D eigenvalue weighted by molar-refractivity contribution is -0.144. The Morgan fingerprint density at radius 2 is 1.91 bits per heavy atom. The molecular weight excluding hydrogens is 412 g/mol. The Morgan fingerprint density at radius 1 is 1.09 bits per heavy atom. The number of pyridine rings is 2. The minimum atomic E-state index is -0.892. The molecule has 0 aliphatic heterocycles. The van der Waals surface area contributed by atoms with E-state index in [1.54, 1.807) is 30.6 Å². The van der Waals surface area contributed by atoms with Crippen LogP contribution in [0.5, 0.6) is 0 Å². The van der Waals surface area contributed by atoms with Crippen molar-refractivity contribution in [1.29, 1.82) is 5.26 Å². The van der Waals surface area contributed by atoms with Gasteiger partial charge in [0.15, 0.2) is 0 Å². The molecule has 4 aromatic rings. The van der Waals surface area contributed by atoms with Crippen molar-refractivity contribution in [3.63, 3.8) is 0 Å². The predicted molar refractivity (Wildman–Crippen MR) is 112 cm³/mol. The predicted octanol–water partition coefficient (Wildman–Crippen LogP) is 0.764. The fourth-order valence-corrected chi connectivity index (χ4v) is 2.93. The van der Waals surface area contributed by atoms with Crippen LogP contribution in [0.15, 0.2) is 49.2 Å². The zero-order valence-electron chi connectivity index (χ0n) is 16.6. The van der Waals surface area contributed by atoms with E-state index in [-0.39, 0.29) is 24.6 Å². The average Bonchev–Trinajstić information content (AvgIpc) is 3.32. The molecule has 2 amide bonds. The van der Waals surface area contributed by atoms with Crippen LogP contribution in [-0.4, -0.2) is 46.8 Å². The molecular formula is C20H16N10O2. The van der Waals surface area contributed by atoms with Crippen molar-refractivity contribution in [2.75, 3.05) is 11.1 Å². The second-order valence-electron chi connectivity index (χ2n) is 6.65. The third-order valence-corrected chi connectivity index (χ3v) is 4.51. The third-order valence-electron chi connectivity index (χ3n) is 4.51. The van der Waals surface area contributed by atoms with Gasteiger partial charge in [0.05, 0.1) is 53.3 Å². The molecule has 0 aliphatic carbocycles. The summed E-state index contributed by atoms with van der Waals surface area (Å²) in [4.78, 5) is 43.5. The Morgan fingerprint density at radius 3 is 2.62 bits per heavy atom. The number of amides is 2. The molecule has 0 aliphatic rings. The lowest BCUT2D eigenvalue weighted by atomic mass is 10.2. The summed E-state index contributed by atoms with van der Waals surface area (Å²) in [7, 11) is 0. The van der Waals surface area contributed by atoms with E-state index in [1.807, 2.05) is 6.07 Å². The van der Waals surface area contributed by atoms with E-state index in [0.717, 1.165) is 0 Å². The maximum Gasteiger partial charge on any atom is 0.314 e. The molecule has 0 saturated heterocycles. The van der Waals surface area contributed by atoms with Gasteiger partial charge in [0.25, 0.3) is 0 Å². The van der Waals surface area contributed by atoms with E-state index in [0.29, 0.717) is 28.0 Å². The lowest BCUT2D eigenvalue weighted by Crippen LogP contribution is -2.39. The van der Waals surface area contributed by atoms with Gasteiger partial charge in [-0.2, -0.15) is 10.4 Å². The van der Waals surface area contributed by atoms with Gasteiger partial charge in [0, 0.05) is 18.6 Å². The van der Waals surface area contributed by atoms with Crippen LogP contribution in [0.3, 0.4) is 0 Å². The molecule has 0 aromatic carbocycles. The minimum absolute atomic E-state index is 0.00960. The molecule has 158 valence electrons. The molecule has 0 fully saturated rings. The molecule has 4 aromatic heterocycles. The van der Waals surface area contributed by atoms with Gasteiger partial charge in [-0.1, -0.05) is 0 Å². The first-order chi connectivity index (χ1) is 15.5. The summed E-state index contributed by atoms with van der Waals surface area (Å²) < 4.78 is 0. The van der Waals surface area contributed by atoms with Gasteiger partial charge in [-0.15, -0.1) is 0 Å². The summed E-state index contributed by atoms with van der Waals surface area (Å²) in [5.74, 6) is -1.12. The fourth-order valence-electron chi connectivity index (χ4n) is 2.93. The highest BCUT2D eigenvalue weighted by molar-refractivity contribution is 6.40. The Kier molecular flexibility index (Phi) is 5.62. The molecule has 4 rings (SSSR count). The Labute approximate surface area is 181 Å². The molecule has 4 heterocycles. The van der Waals surface area contributed by atoms with Gasteiger partial charge in [-0.3, -0.25) is 19.7 Å². The summed E-state index contributed by atoms with van der Waals surface area (Å²) in [6.07, 6.45) is 7.30. The quantitative estimate of drug-likeness (QED) is 0.387. The molecule has 0 spiro atoms. The summed E-state index contributed by atoms with van der Waals surface area (Å²) in [6.45, 7) is -0.0100. The summed E-state index contributed by atoms with van der Waals surface area (Å²) in [5, 5.41) is 18.6. The summed E-state index contributed by atoms with van der Waals surface area (Å²) in [5.41, 5.74) is 7.39. The van der Waals surface area contributed by atoms with E-state index in [9.17, 15) is 9.59 Å². The zero-order chi connectivity index (χ0) is 22.5. The normalized spacial score (nSPS) is 10.5. The molecule has 4 N–H and O–H groups in total. The topological polar surface area (TPSA) is 179 Å². The first-order valence-corrected chi connectivity index (χ1v) is 9.34. The Balaban J connectivity index is 1.57. The highest BCUT2D eigenvalue weighted by Gasteiger charge is 2.25. The van der Waals surface area contributed by atoms with Crippen molar-refractivity contribution in [2.45, 2.75) is 13.1 Å². The van der Waals surface area contributed by atoms with Crippen LogP contribution >= 0.6 is 0 Å². The fraction of sp³-hybridized carbons (Fsp3) is 0.100. The standard InChI is InChI=1S/C20H16N10O2/c21-6-12-2-3-13(25-7-12)10-30(11-16-23-4-1-5-24-16)20(32)19(31)28-15-9-26-18(22)14-8-27-29-17(14)15/h1-5,7-9H,10-11H2,(H2,22,26)(H,27,29)(H,28,31). The number of nitrogens with one attached hydrogen (secondary N) is 2. The number of nitrogens with zero attached hydrogens (tertiary/aromatic N) is 7. The molecule has 0 atom stereocenters. The van der Waals surface area contributed by atoms with Crippen LogP contribution in [0.2, 0.25) is 0 Å². The number of H-pyrrole nitrogens is 1. The number of anilines is 2. The summed E-state index contributed by atoms with van der Waals surface area (Å²) >= 11 is 0. The van der Waals surface area contributed by atoms with E-state index >= 15 is 0 Å². The average molecular weight is 428 g/mol. The number of hydrogen-bond donors (Lipinski definition) is 3. The molecule has 0 unspecified atom stereocenters. The van der Waals surface area contributed by atoms with Gasteiger partial charge in [0.1, 0.15) is 17.7 Å². The van der Waals surface area contributed by atoms with E-state index in [1.165, 1.54) is 23.5 Å². The number of hydrogen-bond acceptors (Lipinski definition) is 9. The van der Waals surface area contributed by atoms with Crippen LogP contribution in [0, 0.1) is 11.3 Å². The molecule has 12 heteroatoms. The highest BCUT2D eigenvalue weighted by atomic mass is 16.2. The largest absolute Gasteiger partial charge is 0.383 e. The van der Waals surface area contributed by atoms with E-state index in [2.05, 4.69) is 35.5 Å². The number of nitrogen functional groups attached to an aromatic ring is 1. The number of nitriles is 1. The van der Waals surface area contributed by atoms with E-state index in [4.69, 9.17) is 11.0 Å². The van der Waals surface area contributed by atoms with E-state index < -0.39 is 11.8 Å². The Bertz CT molecular complexity index is 1310. The maximum absolute atomic E-state index is 13.0. The van der Waals surface area contributed by atoms with Crippen molar-refractivity contribution in [1.82, 2.24) is 35.0 Å². The smallest absolute Gasteiger partial charge is 0.314 e. The number of aromatic amines is 1. The van der Waals surface area contributed by atoms with Gasteiger partial charge in [-0.25, -0.2) is 15.0 Å². The lowest BCUT2D eigenvalue weighted by Gasteiger charge is -2.21. The van der Waals surface area contributed by atoms with Crippen LogP contribution in [-0.2, 0) is 22.7 Å². The number of nitrogens with two attached hydrogens (primary N) is 1. The number of fused-ring (bicyclic) bond motifs is 1. The first kappa shape index (κ1) is 20.4.